The van der Waals surface area contributed by atoms with E-state index in [1.807, 2.05) is 0 Å². The molecule has 0 saturated carbocycles. The second kappa shape index (κ2) is 6.07. The Morgan fingerprint density at radius 3 is 2.77 bits per heavy atom. The topological polar surface area (TPSA) is 67.4 Å². The smallest absolute Gasteiger partial charge is 0.262 e. The van der Waals surface area contributed by atoms with Crippen molar-refractivity contribution in [2.45, 2.75) is 6.42 Å². The van der Waals surface area contributed by atoms with E-state index >= 15 is 0 Å². The van der Waals surface area contributed by atoms with Crippen molar-refractivity contribution in [3.8, 4) is 5.75 Å². The summed E-state index contributed by atoms with van der Waals surface area (Å²) in [6.45, 7) is 0.0173. The van der Waals surface area contributed by atoms with Crippen LogP contribution in [0.4, 0.5) is 11.4 Å². The van der Waals surface area contributed by atoms with Crippen molar-refractivity contribution in [1.29, 1.82) is 0 Å². The molecule has 2 amide bonds. The first kappa shape index (κ1) is 14.4. The van der Waals surface area contributed by atoms with Crippen LogP contribution in [0.5, 0.6) is 5.75 Å². The molecule has 22 heavy (non-hydrogen) atoms. The molecule has 0 aliphatic carbocycles. The van der Waals surface area contributed by atoms with Gasteiger partial charge in [-0.05, 0) is 42.0 Å². The van der Waals surface area contributed by atoms with Crippen LogP contribution in [0.25, 0.3) is 0 Å². The van der Waals surface area contributed by atoms with Crippen LogP contribution in [-0.4, -0.2) is 18.4 Å². The highest BCUT2D eigenvalue weighted by molar-refractivity contribution is 6.30. The molecule has 0 aromatic heterocycles. The Bertz CT molecular complexity index is 729. The minimum absolute atomic E-state index is 0.0173. The molecule has 2 N–H and O–H groups in total. The number of ether oxygens (including phenoxy) is 1. The normalized spacial score (nSPS) is 12.9. The Morgan fingerprint density at radius 1 is 1.23 bits per heavy atom. The summed E-state index contributed by atoms with van der Waals surface area (Å²) in [5.41, 5.74) is 2.06. The first-order valence-corrected chi connectivity index (χ1v) is 7.09. The number of hydrogen-bond donors (Lipinski definition) is 2. The Kier molecular flexibility index (Phi) is 3.98. The lowest BCUT2D eigenvalue weighted by Crippen LogP contribution is -2.25. The molecule has 0 saturated heterocycles. The highest BCUT2D eigenvalue weighted by Gasteiger charge is 2.16. The van der Waals surface area contributed by atoms with Gasteiger partial charge < -0.3 is 15.4 Å². The SMILES string of the molecule is O=C(Cc1ccc2c(c1)NC(=O)CO2)Nc1ccc(Cl)cc1. The molecule has 0 bridgehead atoms. The van der Waals surface area contributed by atoms with Crippen LogP contribution < -0.4 is 15.4 Å². The lowest BCUT2D eigenvalue weighted by atomic mass is 10.1. The van der Waals surface area contributed by atoms with Crippen molar-refractivity contribution in [3.63, 3.8) is 0 Å². The molecule has 0 atom stereocenters. The number of hydrogen-bond acceptors (Lipinski definition) is 3. The van der Waals surface area contributed by atoms with Gasteiger partial charge in [0.05, 0.1) is 12.1 Å². The molecule has 1 aliphatic rings. The fraction of sp³-hybridized carbons (Fsp3) is 0.125. The summed E-state index contributed by atoms with van der Waals surface area (Å²) in [6, 6.07) is 12.2. The van der Waals surface area contributed by atoms with Crippen molar-refractivity contribution in [2.24, 2.45) is 0 Å². The van der Waals surface area contributed by atoms with Crippen molar-refractivity contribution in [2.75, 3.05) is 17.2 Å². The van der Waals surface area contributed by atoms with Crippen LogP contribution in [0.15, 0.2) is 42.5 Å². The zero-order chi connectivity index (χ0) is 15.5. The van der Waals surface area contributed by atoms with Crippen molar-refractivity contribution < 1.29 is 14.3 Å². The van der Waals surface area contributed by atoms with Gasteiger partial charge in [-0.3, -0.25) is 9.59 Å². The third kappa shape index (κ3) is 3.38. The number of anilines is 2. The molecule has 1 heterocycles. The number of fused-ring (bicyclic) bond motifs is 1. The van der Waals surface area contributed by atoms with Crippen LogP contribution >= 0.6 is 11.6 Å². The van der Waals surface area contributed by atoms with Gasteiger partial charge in [0.2, 0.25) is 5.91 Å². The molecular formula is C16H13ClN2O3. The number of halogens is 1. The molecule has 5 nitrogen and oxygen atoms in total. The number of carbonyl (C=O) groups is 2. The number of nitrogens with one attached hydrogen (secondary N) is 2. The second-order valence-electron chi connectivity index (χ2n) is 4.90. The summed E-state index contributed by atoms with van der Waals surface area (Å²) in [5, 5.41) is 6.12. The maximum atomic E-state index is 12.0. The van der Waals surface area contributed by atoms with E-state index in [1.54, 1.807) is 42.5 Å². The van der Waals surface area contributed by atoms with Gasteiger partial charge >= 0.3 is 0 Å². The Morgan fingerprint density at radius 2 is 2.00 bits per heavy atom. The third-order valence-corrected chi connectivity index (χ3v) is 3.42. The zero-order valence-electron chi connectivity index (χ0n) is 11.6. The maximum absolute atomic E-state index is 12.0. The molecule has 3 rings (SSSR count). The summed E-state index contributed by atoms with van der Waals surface area (Å²) >= 11 is 5.80. The summed E-state index contributed by atoms with van der Waals surface area (Å²) < 4.78 is 5.28. The largest absolute Gasteiger partial charge is 0.482 e. The molecule has 1 aliphatic heterocycles. The molecule has 2 aromatic carbocycles. The Hall–Kier alpha value is -2.53. The van der Waals surface area contributed by atoms with Gasteiger partial charge in [0, 0.05) is 10.7 Å². The van der Waals surface area contributed by atoms with E-state index in [-0.39, 0.29) is 24.8 Å². The van der Waals surface area contributed by atoms with Crippen LogP contribution in [0.2, 0.25) is 5.02 Å². The lowest BCUT2D eigenvalue weighted by molar-refractivity contribution is -0.118. The van der Waals surface area contributed by atoms with E-state index in [1.165, 1.54) is 0 Å². The van der Waals surface area contributed by atoms with E-state index in [9.17, 15) is 9.59 Å². The second-order valence-corrected chi connectivity index (χ2v) is 5.34. The van der Waals surface area contributed by atoms with Crippen molar-refractivity contribution in [3.05, 3.63) is 53.1 Å². The van der Waals surface area contributed by atoms with E-state index in [0.717, 1.165) is 5.56 Å². The van der Waals surface area contributed by atoms with Crippen molar-refractivity contribution >= 4 is 34.8 Å². The molecule has 0 radical (unpaired) electrons. The molecular weight excluding hydrogens is 304 g/mol. The van der Waals surface area contributed by atoms with Crippen LogP contribution in [-0.2, 0) is 16.0 Å². The van der Waals surface area contributed by atoms with Gasteiger partial charge in [-0.1, -0.05) is 17.7 Å². The van der Waals surface area contributed by atoms with Gasteiger partial charge in [-0.25, -0.2) is 0 Å². The first-order chi connectivity index (χ1) is 10.6. The Labute approximate surface area is 132 Å². The molecule has 6 heteroatoms. The summed E-state index contributed by atoms with van der Waals surface area (Å²) in [6.07, 6.45) is 0.200. The van der Waals surface area contributed by atoms with E-state index in [4.69, 9.17) is 16.3 Å². The molecule has 0 spiro atoms. The standard InChI is InChI=1S/C16H13ClN2O3/c17-11-2-4-12(5-3-11)18-15(20)8-10-1-6-14-13(7-10)19-16(21)9-22-14/h1-7H,8-9H2,(H,18,20)(H,19,21). The fourth-order valence-corrected chi connectivity index (χ4v) is 2.29. The summed E-state index contributed by atoms with van der Waals surface area (Å²) in [5.74, 6) is 0.266. The quantitative estimate of drug-likeness (QED) is 0.915. The van der Waals surface area contributed by atoms with E-state index in [0.29, 0.717) is 22.1 Å². The predicted octanol–water partition coefficient (Wildman–Crippen LogP) is 2.85. The van der Waals surface area contributed by atoms with E-state index < -0.39 is 0 Å². The number of carbonyl (C=O) groups excluding carboxylic acids is 2. The highest BCUT2D eigenvalue weighted by Crippen LogP contribution is 2.28. The minimum Gasteiger partial charge on any atom is -0.482 e. The molecule has 2 aromatic rings. The predicted molar refractivity (Wildman–Crippen MR) is 84.4 cm³/mol. The van der Waals surface area contributed by atoms with Gasteiger partial charge in [0.25, 0.3) is 5.91 Å². The number of benzene rings is 2. The summed E-state index contributed by atoms with van der Waals surface area (Å²) in [4.78, 5) is 23.3. The summed E-state index contributed by atoms with van der Waals surface area (Å²) in [7, 11) is 0. The molecule has 0 fully saturated rings. The first-order valence-electron chi connectivity index (χ1n) is 6.71. The average molecular weight is 317 g/mol. The van der Waals surface area contributed by atoms with E-state index in [2.05, 4.69) is 10.6 Å². The van der Waals surface area contributed by atoms with Crippen molar-refractivity contribution in [1.82, 2.24) is 0 Å². The maximum Gasteiger partial charge on any atom is 0.262 e. The monoisotopic (exact) mass is 316 g/mol. The highest BCUT2D eigenvalue weighted by atomic mass is 35.5. The van der Waals surface area contributed by atoms with Crippen LogP contribution in [0.3, 0.4) is 0 Å². The number of rotatable bonds is 3. The lowest BCUT2D eigenvalue weighted by Gasteiger charge is -2.18. The third-order valence-electron chi connectivity index (χ3n) is 3.17. The average Bonchev–Trinajstić information content (AvgIpc) is 2.49. The zero-order valence-corrected chi connectivity index (χ0v) is 12.3. The Balaban J connectivity index is 1.67. The fourth-order valence-electron chi connectivity index (χ4n) is 2.16. The number of amides is 2. The van der Waals surface area contributed by atoms with Gasteiger partial charge in [0.1, 0.15) is 5.75 Å². The molecule has 112 valence electrons. The van der Waals surface area contributed by atoms with Crippen LogP contribution in [0, 0.1) is 0 Å². The van der Waals surface area contributed by atoms with Gasteiger partial charge in [-0.2, -0.15) is 0 Å². The van der Waals surface area contributed by atoms with Gasteiger partial charge in [0.15, 0.2) is 6.61 Å². The van der Waals surface area contributed by atoms with Gasteiger partial charge in [-0.15, -0.1) is 0 Å². The minimum atomic E-state index is -0.199. The van der Waals surface area contributed by atoms with Crippen LogP contribution in [0.1, 0.15) is 5.56 Å². The molecule has 0 unspecified atom stereocenters.